The summed E-state index contributed by atoms with van der Waals surface area (Å²) in [4.78, 5) is 13.4. The number of benzene rings is 2. The number of hydrogen-bond donors (Lipinski definition) is 1. The first-order chi connectivity index (χ1) is 14.1. The van der Waals surface area contributed by atoms with Crippen molar-refractivity contribution in [1.29, 1.82) is 0 Å². The Hall–Kier alpha value is -2.31. The van der Waals surface area contributed by atoms with Crippen molar-refractivity contribution in [2.24, 2.45) is 0 Å². The van der Waals surface area contributed by atoms with Gasteiger partial charge in [0.05, 0.1) is 10.8 Å². The van der Waals surface area contributed by atoms with Gasteiger partial charge in [0.15, 0.2) is 5.82 Å². The van der Waals surface area contributed by atoms with E-state index in [9.17, 15) is 4.79 Å². The Morgan fingerprint density at radius 2 is 2.03 bits per heavy atom. The first-order valence-corrected chi connectivity index (χ1v) is 11.2. The number of halogens is 1. The van der Waals surface area contributed by atoms with Crippen molar-refractivity contribution in [2.45, 2.75) is 44.0 Å². The van der Waals surface area contributed by atoms with E-state index in [0.29, 0.717) is 10.8 Å². The van der Waals surface area contributed by atoms with Crippen molar-refractivity contribution < 1.29 is 4.79 Å². The second-order valence-electron chi connectivity index (χ2n) is 7.20. The highest BCUT2D eigenvalue weighted by atomic mass is 35.5. The van der Waals surface area contributed by atoms with Gasteiger partial charge < -0.3 is 9.88 Å². The molecule has 0 fully saturated rings. The van der Waals surface area contributed by atoms with E-state index in [0.717, 1.165) is 59.2 Å². The van der Waals surface area contributed by atoms with E-state index in [4.69, 9.17) is 11.6 Å². The van der Waals surface area contributed by atoms with Gasteiger partial charge in [-0.25, -0.2) is 0 Å². The number of hydrogen-bond acceptors (Lipinski definition) is 4. The van der Waals surface area contributed by atoms with Crippen LogP contribution in [0.15, 0.2) is 47.4 Å². The lowest BCUT2D eigenvalue weighted by Gasteiger charge is -2.12. The third kappa shape index (κ3) is 4.65. The molecule has 1 aromatic heterocycles. The highest BCUT2D eigenvalue weighted by molar-refractivity contribution is 8.00. The van der Waals surface area contributed by atoms with Crippen molar-refractivity contribution >= 4 is 35.0 Å². The second-order valence-corrected chi connectivity index (χ2v) is 8.62. The zero-order chi connectivity index (χ0) is 20.2. The molecule has 1 N–H and O–H groups in total. The highest BCUT2D eigenvalue weighted by Gasteiger charge is 2.17. The van der Waals surface area contributed by atoms with Gasteiger partial charge in [0.25, 0.3) is 0 Å². The summed E-state index contributed by atoms with van der Waals surface area (Å²) in [5, 5.41) is 12.5. The fraction of sp³-hybridized carbons (Fsp3) is 0.318. The molecule has 150 valence electrons. The second kappa shape index (κ2) is 9.01. The van der Waals surface area contributed by atoms with Gasteiger partial charge in [-0.2, -0.15) is 0 Å². The molecule has 2 heterocycles. The third-order valence-electron chi connectivity index (χ3n) is 5.07. The molecule has 1 aliphatic heterocycles. The predicted molar refractivity (Wildman–Crippen MR) is 119 cm³/mol. The number of nitrogens with one attached hydrogen (secondary N) is 1. The molecule has 5 nitrogen and oxygen atoms in total. The molecular weight excluding hydrogens is 404 g/mol. The van der Waals surface area contributed by atoms with Crippen LogP contribution in [-0.4, -0.2) is 26.4 Å². The number of nitrogens with zero attached hydrogens (tertiary/aromatic N) is 3. The number of carbonyl (C=O) groups is 1. The fourth-order valence-electron chi connectivity index (χ4n) is 3.49. The van der Waals surface area contributed by atoms with E-state index in [1.807, 2.05) is 49.4 Å². The average Bonchev–Trinajstić information content (AvgIpc) is 2.97. The number of thioether (sulfide) groups is 1. The standard InChI is InChI=1S/C22H23ClN4OS/c1-15-10-11-16(22-26-25-20-9-3-2-6-12-27(20)22)13-18(15)24-21(28)14-29-19-8-5-4-7-17(19)23/h4-5,7-8,10-11,13H,2-3,6,9,12,14H2,1H3,(H,24,28). The Morgan fingerprint density at radius 3 is 2.90 bits per heavy atom. The van der Waals surface area contributed by atoms with Gasteiger partial charge in [-0.3, -0.25) is 4.79 Å². The molecule has 0 atom stereocenters. The molecule has 7 heteroatoms. The monoisotopic (exact) mass is 426 g/mol. The molecule has 0 radical (unpaired) electrons. The van der Waals surface area contributed by atoms with Crippen molar-refractivity contribution in [2.75, 3.05) is 11.1 Å². The van der Waals surface area contributed by atoms with Gasteiger partial charge in [0, 0.05) is 29.1 Å². The zero-order valence-electron chi connectivity index (χ0n) is 16.3. The molecule has 2 aromatic carbocycles. The van der Waals surface area contributed by atoms with Crippen LogP contribution in [0.3, 0.4) is 0 Å². The Morgan fingerprint density at radius 1 is 1.17 bits per heavy atom. The Balaban J connectivity index is 1.50. The lowest BCUT2D eigenvalue weighted by Crippen LogP contribution is -2.15. The molecule has 3 aromatic rings. The van der Waals surface area contributed by atoms with Crippen LogP contribution < -0.4 is 5.32 Å². The van der Waals surface area contributed by atoms with Crippen LogP contribution in [0.5, 0.6) is 0 Å². The summed E-state index contributed by atoms with van der Waals surface area (Å²) in [7, 11) is 0. The first-order valence-electron chi connectivity index (χ1n) is 9.82. The summed E-state index contributed by atoms with van der Waals surface area (Å²) in [6.45, 7) is 2.94. The molecule has 0 saturated carbocycles. The topological polar surface area (TPSA) is 59.8 Å². The smallest absolute Gasteiger partial charge is 0.234 e. The minimum Gasteiger partial charge on any atom is -0.325 e. The van der Waals surface area contributed by atoms with Crippen molar-refractivity contribution in [1.82, 2.24) is 14.8 Å². The van der Waals surface area contributed by atoms with Gasteiger partial charge >= 0.3 is 0 Å². The van der Waals surface area contributed by atoms with Crippen LogP contribution in [0.25, 0.3) is 11.4 Å². The molecule has 4 rings (SSSR count). The van der Waals surface area contributed by atoms with Gasteiger partial charge in [-0.15, -0.1) is 22.0 Å². The first kappa shape index (κ1) is 20.0. The number of rotatable bonds is 5. The number of anilines is 1. The van der Waals surface area contributed by atoms with Crippen molar-refractivity contribution in [3.63, 3.8) is 0 Å². The zero-order valence-corrected chi connectivity index (χ0v) is 17.9. The van der Waals surface area contributed by atoms with E-state index in [1.54, 1.807) is 0 Å². The van der Waals surface area contributed by atoms with Crippen LogP contribution >= 0.6 is 23.4 Å². The molecular formula is C22H23ClN4OS. The number of amides is 1. The number of fused-ring (bicyclic) bond motifs is 1. The molecule has 0 spiro atoms. The SMILES string of the molecule is Cc1ccc(-c2nnc3n2CCCCC3)cc1NC(=O)CSc1ccccc1Cl. The molecule has 0 unspecified atom stereocenters. The lowest BCUT2D eigenvalue weighted by molar-refractivity contribution is -0.113. The number of aromatic nitrogens is 3. The fourth-order valence-corrected chi connectivity index (χ4v) is 4.52. The van der Waals surface area contributed by atoms with Crippen LogP contribution in [0.4, 0.5) is 5.69 Å². The van der Waals surface area contributed by atoms with Gasteiger partial charge in [0.1, 0.15) is 5.82 Å². The Labute approximate surface area is 179 Å². The number of carbonyl (C=O) groups excluding carboxylic acids is 1. The van der Waals surface area contributed by atoms with E-state index in [1.165, 1.54) is 18.2 Å². The quantitative estimate of drug-likeness (QED) is 0.557. The summed E-state index contributed by atoms with van der Waals surface area (Å²) in [5.74, 6) is 2.17. The minimum atomic E-state index is -0.0600. The maximum Gasteiger partial charge on any atom is 0.234 e. The van der Waals surface area contributed by atoms with E-state index < -0.39 is 0 Å². The van der Waals surface area contributed by atoms with E-state index in [2.05, 4.69) is 20.1 Å². The maximum atomic E-state index is 12.5. The molecule has 1 aliphatic rings. The molecule has 0 bridgehead atoms. The predicted octanol–water partition coefficient (Wildman–Crippen LogP) is 5.36. The highest BCUT2D eigenvalue weighted by Crippen LogP contribution is 2.29. The molecule has 0 aliphatic carbocycles. The van der Waals surface area contributed by atoms with Gasteiger partial charge in [0.2, 0.25) is 5.91 Å². The summed E-state index contributed by atoms with van der Waals surface area (Å²) < 4.78 is 2.22. The van der Waals surface area contributed by atoms with Gasteiger partial charge in [-0.05, 0) is 43.5 Å². The maximum absolute atomic E-state index is 12.5. The Kier molecular flexibility index (Phi) is 6.21. The summed E-state index contributed by atoms with van der Waals surface area (Å²) in [5.41, 5.74) is 2.80. The van der Waals surface area contributed by atoms with E-state index in [-0.39, 0.29) is 5.91 Å². The molecule has 0 saturated heterocycles. The normalized spacial score (nSPS) is 13.6. The van der Waals surface area contributed by atoms with Crippen LogP contribution in [0, 0.1) is 6.92 Å². The molecule has 29 heavy (non-hydrogen) atoms. The van der Waals surface area contributed by atoms with Crippen LogP contribution in [0.1, 0.15) is 30.7 Å². The summed E-state index contributed by atoms with van der Waals surface area (Å²) >= 11 is 7.61. The third-order valence-corrected chi connectivity index (χ3v) is 6.59. The largest absolute Gasteiger partial charge is 0.325 e. The van der Waals surface area contributed by atoms with E-state index >= 15 is 0 Å². The van der Waals surface area contributed by atoms with Gasteiger partial charge in [-0.1, -0.05) is 42.3 Å². The summed E-state index contributed by atoms with van der Waals surface area (Å²) in [6.07, 6.45) is 4.51. The number of aryl methyl sites for hydroxylation is 2. The molecule has 1 amide bonds. The van der Waals surface area contributed by atoms with Crippen LogP contribution in [-0.2, 0) is 17.8 Å². The Bertz CT molecular complexity index is 1030. The minimum absolute atomic E-state index is 0.0600. The summed E-state index contributed by atoms with van der Waals surface area (Å²) in [6, 6.07) is 13.6. The lowest BCUT2D eigenvalue weighted by atomic mass is 10.1. The van der Waals surface area contributed by atoms with Crippen LogP contribution in [0.2, 0.25) is 5.02 Å². The van der Waals surface area contributed by atoms with Crippen molar-refractivity contribution in [3.05, 3.63) is 58.9 Å². The van der Waals surface area contributed by atoms with Crippen molar-refractivity contribution in [3.8, 4) is 11.4 Å². The average molecular weight is 427 g/mol.